The van der Waals surface area contributed by atoms with E-state index in [9.17, 15) is 13.2 Å². The second-order valence-corrected chi connectivity index (χ2v) is 8.28. The lowest BCUT2D eigenvalue weighted by Crippen LogP contribution is -2.41. The van der Waals surface area contributed by atoms with Gasteiger partial charge in [0, 0.05) is 38.1 Å². The Morgan fingerprint density at radius 1 is 1.26 bits per heavy atom. The van der Waals surface area contributed by atoms with E-state index in [4.69, 9.17) is 4.74 Å². The molecule has 2 aromatic rings. The van der Waals surface area contributed by atoms with Crippen molar-refractivity contribution in [3.8, 4) is 5.75 Å². The van der Waals surface area contributed by atoms with Gasteiger partial charge in [0.05, 0.1) is 17.6 Å². The number of ether oxygens (including phenoxy) is 1. The third-order valence-corrected chi connectivity index (χ3v) is 6.15. The molecular weight excluding hydrogens is 366 g/mol. The van der Waals surface area contributed by atoms with E-state index in [2.05, 4.69) is 9.71 Å². The molecule has 8 heteroatoms. The number of carbonyl (C=O) groups is 1. The maximum atomic E-state index is 12.5. The highest BCUT2D eigenvalue weighted by molar-refractivity contribution is 7.89. The van der Waals surface area contributed by atoms with E-state index in [1.54, 1.807) is 47.6 Å². The summed E-state index contributed by atoms with van der Waals surface area (Å²) in [5, 5.41) is 0. The zero-order chi connectivity index (χ0) is 19.3. The highest BCUT2D eigenvalue weighted by Crippen LogP contribution is 2.20. The van der Waals surface area contributed by atoms with Crippen molar-refractivity contribution in [2.24, 2.45) is 5.92 Å². The number of amides is 1. The molecule has 1 aromatic carbocycles. The van der Waals surface area contributed by atoms with Gasteiger partial charge in [-0.05, 0) is 43.0 Å². The van der Waals surface area contributed by atoms with Gasteiger partial charge < -0.3 is 9.64 Å². The Morgan fingerprint density at radius 3 is 2.70 bits per heavy atom. The third kappa shape index (κ3) is 4.84. The predicted octanol–water partition coefficient (Wildman–Crippen LogP) is 1.92. The number of pyridine rings is 1. The van der Waals surface area contributed by atoms with Crippen molar-refractivity contribution in [3.63, 3.8) is 0 Å². The van der Waals surface area contributed by atoms with Crippen LogP contribution in [0, 0.1) is 5.92 Å². The highest BCUT2D eigenvalue weighted by Gasteiger charge is 2.25. The molecule has 1 fully saturated rings. The van der Waals surface area contributed by atoms with Crippen molar-refractivity contribution in [2.75, 3.05) is 26.7 Å². The number of piperidine rings is 1. The minimum atomic E-state index is -3.58. The Morgan fingerprint density at radius 2 is 2.04 bits per heavy atom. The first-order chi connectivity index (χ1) is 13.0. The summed E-state index contributed by atoms with van der Waals surface area (Å²) in [6.07, 6.45) is 4.72. The number of aromatic nitrogens is 1. The number of hydrogen-bond donors (Lipinski definition) is 1. The Hall–Kier alpha value is -2.45. The number of sulfonamides is 1. The molecule has 1 N–H and O–H groups in total. The number of hydrogen-bond acceptors (Lipinski definition) is 5. The Balaban J connectivity index is 1.52. The molecule has 0 aliphatic carbocycles. The zero-order valence-corrected chi connectivity index (χ0v) is 16.0. The van der Waals surface area contributed by atoms with Crippen LogP contribution >= 0.6 is 0 Å². The summed E-state index contributed by atoms with van der Waals surface area (Å²) in [5.41, 5.74) is 0.578. The zero-order valence-electron chi connectivity index (χ0n) is 15.2. The van der Waals surface area contributed by atoms with Crippen molar-refractivity contribution in [1.29, 1.82) is 0 Å². The van der Waals surface area contributed by atoms with Crippen LogP contribution < -0.4 is 9.46 Å². The number of rotatable bonds is 6. The number of nitrogens with zero attached hydrogens (tertiary/aromatic N) is 2. The molecule has 27 heavy (non-hydrogen) atoms. The van der Waals surface area contributed by atoms with Gasteiger partial charge in [0.15, 0.2) is 0 Å². The summed E-state index contributed by atoms with van der Waals surface area (Å²) in [6.45, 7) is 1.58. The van der Waals surface area contributed by atoms with Gasteiger partial charge in [0.25, 0.3) is 5.91 Å². The standard InChI is InChI=1S/C19H23N3O4S/c1-26-17-5-2-6-18(12-17)27(24,25)21-13-15-7-10-22(11-8-15)19(23)16-4-3-9-20-14-16/h2-6,9,12,14-15,21H,7-8,10-11,13H2,1H3. The highest BCUT2D eigenvalue weighted by atomic mass is 32.2. The molecule has 0 saturated carbocycles. The topological polar surface area (TPSA) is 88.6 Å². The second-order valence-electron chi connectivity index (χ2n) is 6.51. The van der Waals surface area contributed by atoms with Crippen molar-refractivity contribution in [3.05, 3.63) is 54.4 Å². The van der Waals surface area contributed by atoms with Gasteiger partial charge in [0.1, 0.15) is 5.75 Å². The van der Waals surface area contributed by atoms with Gasteiger partial charge >= 0.3 is 0 Å². The summed E-state index contributed by atoms with van der Waals surface area (Å²) in [7, 11) is -2.08. The quantitative estimate of drug-likeness (QED) is 0.815. The fourth-order valence-corrected chi connectivity index (χ4v) is 4.24. The van der Waals surface area contributed by atoms with Crippen LogP contribution in [0.15, 0.2) is 53.7 Å². The molecule has 0 unspecified atom stereocenters. The molecule has 0 spiro atoms. The van der Waals surface area contributed by atoms with E-state index in [1.807, 2.05) is 0 Å². The van der Waals surface area contributed by atoms with Crippen molar-refractivity contribution in [1.82, 2.24) is 14.6 Å². The molecule has 3 rings (SSSR count). The Bertz CT molecular complexity index is 879. The molecular formula is C19H23N3O4S. The lowest BCUT2D eigenvalue weighted by atomic mass is 9.97. The van der Waals surface area contributed by atoms with Crippen LogP contribution in [0.1, 0.15) is 23.2 Å². The van der Waals surface area contributed by atoms with Crippen LogP contribution in [0.4, 0.5) is 0 Å². The van der Waals surface area contributed by atoms with Crippen LogP contribution in [0.25, 0.3) is 0 Å². The van der Waals surface area contributed by atoms with Gasteiger partial charge in [-0.3, -0.25) is 9.78 Å². The largest absolute Gasteiger partial charge is 0.497 e. The molecule has 1 amide bonds. The smallest absolute Gasteiger partial charge is 0.255 e. The van der Waals surface area contributed by atoms with Gasteiger partial charge in [-0.15, -0.1) is 0 Å². The van der Waals surface area contributed by atoms with Gasteiger partial charge in [-0.25, -0.2) is 13.1 Å². The van der Waals surface area contributed by atoms with Crippen LogP contribution in [0.5, 0.6) is 5.75 Å². The Labute approximate surface area is 159 Å². The van der Waals surface area contributed by atoms with E-state index in [0.717, 1.165) is 12.8 Å². The monoisotopic (exact) mass is 389 g/mol. The normalized spacial score (nSPS) is 15.5. The number of benzene rings is 1. The van der Waals surface area contributed by atoms with Crippen LogP contribution in [-0.2, 0) is 10.0 Å². The SMILES string of the molecule is COc1cccc(S(=O)(=O)NCC2CCN(C(=O)c3cccnc3)CC2)c1. The summed E-state index contributed by atoms with van der Waals surface area (Å²) in [5.74, 6) is 0.668. The third-order valence-electron chi connectivity index (χ3n) is 4.72. The lowest BCUT2D eigenvalue weighted by molar-refractivity contribution is 0.0691. The van der Waals surface area contributed by atoms with Crippen LogP contribution in [-0.4, -0.2) is 51.0 Å². The second kappa shape index (κ2) is 8.49. The summed E-state index contributed by atoms with van der Waals surface area (Å²) in [6, 6.07) is 9.89. The molecule has 0 bridgehead atoms. The predicted molar refractivity (Wildman–Crippen MR) is 101 cm³/mol. The van der Waals surface area contributed by atoms with Crippen LogP contribution in [0.2, 0.25) is 0 Å². The first kappa shape index (κ1) is 19.3. The Kier molecular flexibility index (Phi) is 6.08. The molecule has 1 aliphatic heterocycles. The lowest BCUT2D eigenvalue weighted by Gasteiger charge is -2.32. The fourth-order valence-electron chi connectivity index (χ4n) is 3.09. The van der Waals surface area contributed by atoms with E-state index >= 15 is 0 Å². The van der Waals surface area contributed by atoms with E-state index in [0.29, 0.717) is 30.9 Å². The molecule has 7 nitrogen and oxygen atoms in total. The molecule has 1 saturated heterocycles. The molecule has 1 aromatic heterocycles. The van der Waals surface area contributed by atoms with Gasteiger partial charge in [0.2, 0.25) is 10.0 Å². The van der Waals surface area contributed by atoms with Gasteiger partial charge in [-0.2, -0.15) is 0 Å². The van der Waals surface area contributed by atoms with E-state index < -0.39 is 10.0 Å². The molecule has 2 heterocycles. The summed E-state index contributed by atoms with van der Waals surface area (Å²) < 4.78 is 32.7. The average molecular weight is 389 g/mol. The minimum absolute atomic E-state index is 0.0292. The molecule has 0 radical (unpaired) electrons. The van der Waals surface area contributed by atoms with E-state index in [1.165, 1.54) is 13.2 Å². The first-order valence-electron chi connectivity index (χ1n) is 8.82. The molecule has 0 atom stereocenters. The minimum Gasteiger partial charge on any atom is -0.497 e. The van der Waals surface area contributed by atoms with Crippen molar-refractivity contribution >= 4 is 15.9 Å². The number of carbonyl (C=O) groups excluding carboxylic acids is 1. The maximum absolute atomic E-state index is 12.5. The molecule has 1 aliphatic rings. The summed E-state index contributed by atoms with van der Waals surface area (Å²) in [4.78, 5) is 18.4. The van der Waals surface area contributed by atoms with Crippen LogP contribution in [0.3, 0.4) is 0 Å². The number of nitrogens with one attached hydrogen (secondary N) is 1. The fraction of sp³-hybridized carbons (Fsp3) is 0.368. The van der Waals surface area contributed by atoms with Gasteiger partial charge in [-0.1, -0.05) is 6.07 Å². The first-order valence-corrected chi connectivity index (χ1v) is 10.3. The summed E-state index contributed by atoms with van der Waals surface area (Å²) >= 11 is 0. The average Bonchev–Trinajstić information content (AvgIpc) is 2.73. The van der Waals surface area contributed by atoms with Crippen molar-refractivity contribution in [2.45, 2.75) is 17.7 Å². The van der Waals surface area contributed by atoms with E-state index in [-0.39, 0.29) is 16.7 Å². The van der Waals surface area contributed by atoms with Crippen molar-refractivity contribution < 1.29 is 17.9 Å². The number of likely N-dealkylation sites (tertiary alicyclic amines) is 1. The molecule has 144 valence electrons. The maximum Gasteiger partial charge on any atom is 0.255 e. The number of methoxy groups -OCH3 is 1.